The van der Waals surface area contributed by atoms with Crippen LogP contribution < -0.4 is 5.32 Å². The number of hydrogen-bond acceptors (Lipinski definition) is 4. The van der Waals surface area contributed by atoms with E-state index in [4.69, 9.17) is 0 Å². The van der Waals surface area contributed by atoms with E-state index in [1.54, 1.807) is 0 Å². The van der Waals surface area contributed by atoms with Crippen molar-refractivity contribution in [3.8, 4) is 0 Å². The molecule has 2 aliphatic heterocycles. The van der Waals surface area contributed by atoms with Gasteiger partial charge in [0.2, 0.25) is 15.9 Å². The molecule has 0 bridgehead atoms. The monoisotopic (exact) mass is 303 g/mol. The first-order valence-corrected chi connectivity index (χ1v) is 9.24. The van der Waals surface area contributed by atoms with Crippen molar-refractivity contribution in [1.29, 1.82) is 0 Å². The fraction of sp³-hybridized carbons (Fsp3) is 0.923. The number of hydrogen-bond donors (Lipinski definition) is 1. The molecule has 2 fully saturated rings. The first-order valence-electron chi connectivity index (χ1n) is 7.39. The Bertz CT molecular complexity index is 424. The minimum atomic E-state index is -3.06. The maximum absolute atomic E-state index is 11.8. The molecule has 7 heteroatoms. The second-order valence-corrected chi connectivity index (χ2v) is 7.88. The van der Waals surface area contributed by atoms with Crippen LogP contribution in [0.15, 0.2) is 0 Å². The minimum absolute atomic E-state index is 0.0949. The fourth-order valence-corrected chi connectivity index (χ4v) is 3.78. The predicted molar refractivity (Wildman–Crippen MR) is 77.8 cm³/mol. The van der Waals surface area contributed by atoms with E-state index in [9.17, 15) is 13.2 Å². The molecule has 0 aliphatic carbocycles. The van der Waals surface area contributed by atoms with Crippen LogP contribution in [0.2, 0.25) is 0 Å². The van der Waals surface area contributed by atoms with Gasteiger partial charge in [-0.1, -0.05) is 0 Å². The van der Waals surface area contributed by atoms with Crippen LogP contribution in [0.3, 0.4) is 0 Å². The van der Waals surface area contributed by atoms with Gasteiger partial charge in [0.15, 0.2) is 0 Å². The van der Waals surface area contributed by atoms with Crippen molar-refractivity contribution in [1.82, 2.24) is 14.5 Å². The molecule has 0 radical (unpaired) electrons. The molecule has 20 heavy (non-hydrogen) atoms. The van der Waals surface area contributed by atoms with Gasteiger partial charge in [-0.15, -0.1) is 0 Å². The topological polar surface area (TPSA) is 69.7 Å². The maximum atomic E-state index is 11.8. The van der Waals surface area contributed by atoms with Crippen LogP contribution in [-0.2, 0) is 14.8 Å². The Morgan fingerprint density at radius 2 is 1.75 bits per heavy atom. The molecule has 1 N–H and O–H groups in total. The van der Waals surface area contributed by atoms with Crippen molar-refractivity contribution in [3.05, 3.63) is 0 Å². The number of amides is 1. The lowest BCUT2D eigenvalue weighted by molar-refractivity contribution is -0.122. The second kappa shape index (κ2) is 6.87. The zero-order valence-corrected chi connectivity index (χ0v) is 13.0. The van der Waals surface area contributed by atoms with E-state index in [1.165, 1.54) is 23.4 Å². The first-order chi connectivity index (χ1) is 9.45. The highest BCUT2D eigenvalue weighted by molar-refractivity contribution is 7.88. The summed E-state index contributed by atoms with van der Waals surface area (Å²) in [5, 5.41) is 2.98. The van der Waals surface area contributed by atoms with Crippen LogP contribution in [0.5, 0.6) is 0 Å². The summed E-state index contributed by atoms with van der Waals surface area (Å²) in [5.74, 6) is 0.493. The largest absolute Gasteiger partial charge is 0.355 e. The third-order valence-corrected chi connectivity index (χ3v) is 5.50. The molecule has 6 nitrogen and oxygen atoms in total. The SMILES string of the molecule is CS(=O)(=O)N1CCC(CNC(=O)CN2CCCC2)CC1. The number of piperidine rings is 1. The molecule has 116 valence electrons. The number of carbonyl (C=O) groups excluding carboxylic acids is 1. The van der Waals surface area contributed by atoms with Gasteiger partial charge < -0.3 is 5.32 Å². The van der Waals surface area contributed by atoms with Crippen LogP contribution >= 0.6 is 0 Å². The van der Waals surface area contributed by atoms with Gasteiger partial charge in [0.05, 0.1) is 12.8 Å². The lowest BCUT2D eigenvalue weighted by Crippen LogP contribution is -2.42. The Labute approximate surface area is 121 Å². The molecule has 2 heterocycles. The van der Waals surface area contributed by atoms with E-state index in [-0.39, 0.29) is 5.91 Å². The number of likely N-dealkylation sites (tertiary alicyclic amines) is 1. The highest BCUT2D eigenvalue weighted by Gasteiger charge is 2.25. The smallest absolute Gasteiger partial charge is 0.234 e. The summed E-state index contributed by atoms with van der Waals surface area (Å²) in [7, 11) is -3.06. The van der Waals surface area contributed by atoms with E-state index in [2.05, 4.69) is 10.2 Å². The molecule has 0 spiro atoms. The van der Waals surface area contributed by atoms with Gasteiger partial charge in [-0.3, -0.25) is 9.69 Å². The first kappa shape index (κ1) is 15.7. The van der Waals surface area contributed by atoms with Crippen LogP contribution in [-0.4, -0.2) is 69.1 Å². The molecular formula is C13H25N3O3S. The van der Waals surface area contributed by atoms with Crippen molar-refractivity contribution in [3.63, 3.8) is 0 Å². The summed E-state index contributed by atoms with van der Waals surface area (Å²) in [6, 6.07) is 0. The molecule has 0 aromatic carbocycles. The van der Waals surface area contributed by atoms with Gasteiger partial charge >= 0.3 is 0 Å². The zero-order chi connectivity index (χ0) is 14.6. The van der Waals surface area contributed by atoms with E-state index < -0.39 is 10.0 Å². The Kier molecular flexibility index (Phi) is 5.40. The lowest BCUT2D eigenvalue weighted by Gasteiger charge is -2.30. The lowest BCUT2D eigenvalue weighted by atomic mass is 9.98. The standard InChI is InChI=1S/C13H25N3O3S/c1-20(18,19)16-8-4-12(5-9-16)10-14-13(17)11-15-6-2-3-7-15/h12H,2-11H2,1H3,(H,14,17). The van der Waals surface area contributed by atoms with E-state index in [1.807, 2.05) is 0 Å². The molecular weight excluding hydrogens is 278 g/mol. The summed E-state index contributed by atoms with van der Waals surface area (Å²) in [6.45, 7) is 4.38. The van der Waals surface area contributed by atoms with Crippen molar-refractivity contribution in [2.24, 2.45) is 5.92 Å². The number of nitrogens with zero attached hydrogens (tertiary/aromatic N) is 2. The molecule has 2 saturated heterocycles. The summed E-state index contributed by atoms with van der Waals surface area (Å²) < 4.78 is 24.3. The van der Waals surface area contributed by atoms with Crippen LogP contribution in [0.1, 0.15) is 25.7 Å². The Balaban J connectivity index is 1.64. The maximum Gasteiger partial charge on any atom is 0.234 e. The van der Waals surface area contributed by atoms with Crippen molar-refractivity contribution < 1.29 is 13.2 Å². The Hall–Kier alpha value is -0.660. The summed E-state index contributed by atoms with van der Waals surface area (Å²) >= 11 is 0. The highest BCUT2D eigenvalue weighted by atomic mass is 32.2. The highest BCUT2D eigenvalue weighted by Crippen LogP contribution is 2.18. The van der Waals surface area contributed by atoms with Gasteiger partial charge in [-0.25, -0.2) is 12.7 Å². The quantitative estimate of drug-likeness (QED) is 0.768. The van der Waals surface area contributed by atoms with Crippen molar-refractivity contribution in [2.45, 2.75) is 25.7 Å². The third-order valence-electron chi connectivity index (χ3n) is 4.20. The van der Waals surface area contributed by atoms with Gasteiger partial charge in [-0.05, 0) is 44.7 Å². The molecule has 0 atom stereocenters. The van der Waals surface area contributed by atoms with E-state index in [0.717, 1.165) is 25.9 Å². The number of sulfonamides is 1. The summed E-state index contributed by atoms with van der Waals surface area (Å²) in [4.78, 5) is 14.0. The fourth-order valence-electron chi connectivity index (χ4n) is 2.90. The van der Waals surface area contributed by atoms with Gasteiger partial charge in [0.25, 0.3) is 0 Å². The molecule has 1 amide bonds. The van der Waals surface area contributed by atoms with Gasteiger partial charge in [0.1, 0.15) is 0 Å². The summed E-state index contributed by atoms with van der Waals surface area (Å²) in [5.41, 5.74) is 0. The van der Waals surface area contributed by atoms with Crippen molar-refractivity contribution >= 4 is 15.9 Å². The van der Waals surface area contributed by atoms with E-state index >= 15 is 0 Å². The third kappa shape index (κ3) is 4.71. The van der Waals surface area contributed by atoms with Crippen LogP contribution in [0.25, 0.3) is 0 Å². The predicted octanol–water partition coefficient (Wildman–Crippen LogP) is -0.130. The molecule has 2 rings (SSSR count). The molecule has 0 saturated carbocycles. The minimum Gasteiger partial charge on any atom is -0.355 e. The number of rotatable bonds is 5. The molecule has 2 aliphatic rings. The molecule has 0 unspecified atom stereocenters. The average molecular weight is 303 g/mol. The van der Waals surface area contributed by atoms with Crippen molar-refractivity contribution in [2.75, 3.05) is 45.5 Å². The Morgan fingerprint density at radius 3 is 2.30 bits per heavy atom. The van der Waals surface area contributed by atoms with Gasteiger partial charge in [0, 0.05) is 19.6 Å². The van der Waals surface area contributed by atoms with Crippen LogP contribution in [0.4, 0.5) is 0 Å². The van der Waals surface area contributed by atoms with Crippen LogP contribution in [0, 0.1) is 5.92 Å². The van der Waals surface area contributed by atoms with E-state index in [0.29, 0.717) is 32.1 Å². The molecule has 0 aromatic rings. The number of carbonyl (C=O) groups is 1. The normalized spacial score (nSPS) is 23.1. The average Bonchev–Trinajstić information content (AvgIpc) is 2.88. The zero-order valence-electron chi connectivity index (χ0n) is 12.2. The second-order valence-electron chi connectivity index (χ2n) is 5.89. The van der Waals surface area contributed by atoms with Gasteiger partial charge in [-0.2, -0.15) is 0 Å². The summed E-state index contributed by atoms with van der Waals surface area (Å²) in [6.07, 6.45) is 5.30. The molecule has 0 aromatic heterocycles. The number of nitrogens with one attached hydrogen (secondary N) is 1. The Morgan fingerprint density at radius 1 is 1.15 bits per heavy atom.